The number of aromatic nitrogens is 1. The van der Waals surface area contributed by atoms with Gasteiger partial charge in [-0.3, -0.25) is 9.69 Å². The number of carbonyl (C=O) groups excluding carboxylic acids is 1. The Labute approximate surface area is 177 Å². The molecule has 6 nitrogen and oxygen atoms in total. The number of ether oxygens (including phenoxy) is 1. The van der Waals surface area contributed by atoms with Crippen LogP contribution in [0, 0.1) is 0 Å². The fourth-order valence-corrected chi connectivity index (χ4v) is 3.63. The molecule has 1 fully saturated rings. The molecule has 3 aromatic rings. The van der Waals surface area contributed by atoms with Crippen LogP contribution >= 0.6 is 0 Å². The normalized spacial score (nSPS) is 14.3. The van der Waals surface area contributed by atoms with E-state index in [0.717, 1.165) is 49.0 Å². The highest BCUT2D eigenvalue weighted by Crippen LogP contribution is 2.17. The minimum Gasteiger partial charge on any atom is -0.489 e. The topological polar surface area (TPSA) is 60.2 Å². The van der Waals surface area contributed by atoms with Gasteiger partial charge in [0.1, 0.15) is 38.5 Å². The monoisotopic (exact) mass is 404 g/mol. The van der Waals surface area contributed by atoms with Gasteiger partial charge in [-0.15, -0.1) is 0 Å². The van der Waals surface area contributed by atoms with E-state index in [2.05, 4.69) is 21.3 Å². The van der Waals surface area contributed by atoms with Crippen LogP contribution in [0.3, 0.4) is 0 Å². The summed E-state index contributed by atoms with van der Waals surface area (Å²) in [6.07, 6.45) is 1.94. The number of rotatable bonds is 7. The molecule has 1 aliphatic rings. The Morgan fingerprint density at radius 1 is 0.967 bits per heavy atom. The first-order valence-corrected chi connectivity index (χ1v) is 10.4. The van der Waals surface area contributed by atoms with E-state index < -0.39 is 0 Å². The summed E-state index contributed by atoms with van der Waals surface area (Å²) in [5, 5.41) is 3.00. The van der Waals surface area contributed by atoms with Crippen molar-refractivity contribution < 1.29 is 19.4 Å². The number of H-pyrrole nitrogens is 1. The standard InChI is InChI=1S/C24H26N4O2/c29-24(18-27-14-16-28(17-15-27)23-8-4-5-13-25-23)26-21-9-11-22(12-10-21)30-19-20-6-2-1-3-7-20/h1-13H,14-19H2,(H,26,29)/p+2. The van der Waals surface area contributed by atoms with Crippen molar-refractivity contribution in [3.05, 3.63) is 84.6 Å². The number of aromatic amines is 1. The molecule has 6 heteroatoms. The number of benzene rings is 2. The SMILES string of the molecule is O=C(C[NH+]1CCN(c2cccc[nH+]2)CC1)Nc1ccc(OCc2ccccc2)cc1. The molecular formula is C24H28N4O2+2. The van der Waals surface area contributed by atoms with Crippen LogP contribution in [0.25, 0.3) is 0 Å². The van der Waals surface area contributed by atoms with Crippen LogP contribution in [0.4, 0.5) is 11.5 Å². The third kappa shape index (κ3) is 5.58. The lowest BCUT2D eigenvalue weighted by Crippen LogP contribution is -3.15. The average Bonchev–Trinajstić information content (AvgIpc) is 2.80. The Balaban J connectivity index is 1.21. The summed E-state index contributed by atoms with van der Waals surface area (Å²) in [5.41, 5.74) is 1.92. The number of anilines is 2. The van der Waals surface area contributed by atoms with Gasteiger partial charge in [0, 0.05) is 11.8 Å². The van der Waals surface area contributed by atoms with Gasteiger partial charge in [0.25, 0.3) is 11.7 Å². The lowest BCUT2D eigenvalue weighted by Gasteiger charge is -2.27. The molecule has 0 spiro atoms. The molecule has 1 amide bonds. The van der Waals surface area contributed by atoms with E-state index >= 15 is 0 Å². The predicted molar refractivity (Wildman–Crippen MR) is 117 cm³/mol. The van der Waals surface area contributed by atoms with Gasteiger partial charge in [0.2, 0.25) is 0 Å². The first-order valence-electron chi connectivity index (χ1n) is 10.4. The first kappa shape index (κ1) is 19.9. The van der Waals surface area contributed by atoms with Crippen molar-refractivity contribution in [1.82, 2.24) is 0 Å². The Morgan fingerprint density at radius 3 is 2.40 bits per heavy atom. The average molecular weight is 405 g/mol. The lowest BCUT2D eigenvalue weighted by molar-refractivity contribution is -0.892. The van der Waals surface area contributed by atoms with Gasteiger partial charge in [-0.25, -0.2) is 4.98 Å². The van der Waals surface area contributed by atoms with E-state index in [1.165, 1.54) is 4.90 Å². The Morgan fingerprint density at radius 2 is 1.70 bits per heavy atom. The van der Waals surface area contributed by atoms with Crippen LogP contribution in [0.2, 0.25) is 0 Å². The van der Waals surface area contributed by atoms with Gasteiger partial charge >= 0.3 is 0 Å². The van der Waals surface area contributed by atoms with Gasteiger partial charge in [0.15, 0.2) is 6.54 Å². The molecular weight excluding hydrogens is 376 g/mol. The molecule has 0 bridgehead atoms. The number of hydrogen-bond donors (Lipinski definition) is 2. The van der Waals surface area contributed by atoms with E-state index in [0.29, 0.717) is 13.2 Å². The van der Waals surface area contributed by atoms with Crippen molar-refractivity contribution in [1.29, 1.82) is 0 Å². The third-order valence-electron chi connectivity index (χ3n) is 5.30. The molecule has 0 unspecified atom stereocenters. The number of nitrogens with zero attached hydrogens (tertiary/aromatic N) is 1. The lowest BCUT2D eigenvalue weighted by atomic mass is 10.2. The number of quaternary nitrogens is 1. The zero-order valence-electron chi connectivity index (χ0n) is 17.0. The Bertz CT molecular complexity index is 924. The van der Waals surface area contributed by atoms with Crippen molar-refractivity contribution in [3.63, 3.8) is 0 Å². The number of piperazine rings is 1. The number of nitrogens with one attached hydrogen (secondary N) is 3. The molecule has 3 N–H and O–H groups in total. The smallest absolute Gasteiger partial charge is 0.279 e. The van der Waals surface area contributed by atoms with Crippen LogP contribution in [-0.4, -0.2) is 38.6 Å². The number of carbonyl (C=O) groups is 1. The second-order valence-corrected chi connectivity index (χ2v) is 7.51. The van der Waals surface area contributed by atoms with Crippen molar-refractivity contribution in [2.45, 2.75) is 6.61 Å². The molecule has 0 atom stereocenters. The fraction of sp³-hybridized carbons (Fsp3) is 0.250. The number of hydrogen-bond acceptors (Lipinski definition) is 3. The van der Waals surface area contributed by atoms with Gasteiger partial charge < -0.3 is 15.0 Å². The molecule has 2 heterocycles. The van der Waals surface area contributed by atoms with Crippen LogP contribution in [0.15, 0.2) is 79.0 Å². The van der Waals surface area contributed by atoms with Gasteiger partial charge in [-0.05, 0) is 35.9 Å². The number of amides is 1. The summed E-state index contributed by atoms with van der Waals surface area (Å²) in [6, 6.07) is 23.7. The molecule has 1 saturated heterocycles. The molecule has 30 heavy (non-hydrogen) atoms. The Hall–Kier alpha value is -3.38. The highest BCUT2D eigenvalue weighted by atomic mass is 16.5. The fourth-order valence-electron chi connectivity index (χ4n) is 3.63. The molecule has 0 aliphatic carbocycles. The zero-order chi connectivity index (χ0) is 20.6. The first-order chi connectivity index (χ1) is 14.8. The van der Waals surface area contributed by atoms with Crippen LogP contribution in [-0.2, 0) is 11.4 Å². The summed E-state index contributed by atoms with van der Waals surface area (Å²) < 4.78 is 5.80. The molecule has 2 aromatic carbocycles. The van der Waals surface area contributed by atoms with Crippen molar-refractivity contribution in [2.24, 2.45) is 0 Å². The molecule has 0 saturated carbocycles. The maximum atomic E-state index is 12.4. The maximum Gasteiger partial charge on any atom is 0.279 e. The zero-order valence-corrected chi connectivity index (χ0v) is 17.0. The molecule has 0 radical (unpaired) electrons. The Kier molecular flexibility index (Phi) is 6.57. The van der Waals surface area contributed by atoms with Crippen molar-refractivity contribution in [2.75, 3.05) is 42.9 Å². The molecule has 4 rings (SSSR count). The second-order valence-electron chi connectivity index (χ2n) is 7.51. The summed E-state index contributed by atoms with van der Waals surface area (Å²) >= 11 is 0. The van der Waals surface area contributed by atoms with Gasteiger partial charge in [-0.2, -0.15) is 0 Å². The van der Waals surface area contributed by atoms with E-state index in [4.69, 9.17) is 4.74 Å². The van der Waals surface area contributed by atoms with Gasteiger partial charge in [-0.1, -0.05) is 36.4 Å². The minimum absolute atomic E-state index is 0.0441. The van der Waals surface area contributed by atoms with E-state index in [1.807, 2.05) is 72.9 Å². The predicted octanol–water partition coefficient (Wildman–Crippen LogP) is 1.42. The van der Waals surface area contributed by atoms with Crippen LogP contribution < -0.4 is 24.8 Å². The van der Waals surface area contributed by atoms with Crippen molar-refractivity contribution >= 4 is 17.4 Å². The molecule has 1 aliphatic heterocycles. The van der Waals surface area contributed by atoms with Crippen LogP contribution in [0.5, 0.6) is 5.75 Å². The van der Waals surface area contributed by atoms with Crippen molar-refractivity contribution in [3.8, 4) is 5.75 Å². The molecule has 154 valence electrons. The third-order valence-corrected chi connectivity index (χ3v) is 5.30. The quantitative estimate of drug-likeness (QED) is 0.626. The molecule has 1 aromatic heterocycles. The summed E-state index contributed by atoms with van der Waals surface area (Å²) in [4.78, 5) is 19.4. The largest absolute Gasteiger partial charge is 0.489 e. The number of pyridine rings is 1. The van der Waals surface area contributed by atoms with Gasteiger partial charge in [0.05, 0.1) is 6.20 Å². The van der Waals surface area contributed by atoms with Crippen LogP contribution in [0.1, 0.15) is 5.56 Å². The maximum absolute atomic E-state index is 12.4. The second kappa shape index (κ2) is 9.89. The van der Waals surface area contributed by atoms with E-state index in [9.17, 15) is 4.79 Å². The highest BCUT2D eigenvalue weighted by molar-refractivity contribution is 5.91. The van der Waals surface area contributed by atoms with E-state index in [1.54, 1.807) is 0 Å². The van der Waals surface area contributed by atoms with E-state index in [-0.39, 0.29) is 5.91 Å². The summed E-state index contributed by atoms with van der Waals surface area (Å²) in [5.74, 6) is 1.97. The minimum atomic E-state index is 0.0441. The summed E-state index contributed by atoms with van der Waals surface area (Å²) in [6.45, 7) is 4.79. The highest BCUT2D eigenvalue weighted by Gasteiger charge is 2.27. The summed E-state index contributed by atoms with van der Waals surface area (Å²) in [7, 11) is 0.